The van der Waals surface area contributed by atoms with Crippen molar-refractivity contribution < 1.29 is 28.9 Å². The lowest BCUT2D eigenvalue weighted by atomic mass is 10.0. The number of ether oxygens (including phenoxy) is 3. The Balaban J connectivity index is 2.42. The van der Waals surface area contributed by atoms with Crippen LogP contribution in [0.15, 0.2) is 24.3 Å². The van der Waals surface area contributed by atoms with Crippen molar-refractivity contribution in [2.45, 2.75) is 18.9 Å². The molecule has 0 saturated carbocycles. The molecule has 1 aliphatic heterocycles. The van der Waals surface area contributed by atoms with Crippen LogP contribution < -0.4 is 0 Å². The SMILES string of the molecule is COC(=O)c1c2ccccc(O)c-2c(C(=O)OC)c1C1CCCO1. The third kappa shape index (κ3) is 2.49. The molecule has 0 aromatic heterocycles. The zero-order valence-corrected chi connectivity index (χ0v) is 13.5. The maximum absolute atomic E-state index is 12.4. The number of carbonyl (C=O) groups is 2. The number of methoxy groups -OCH3 is 2. The van der Waals surface area contributed by atoms with E-state index in [0.717, 1.165) is 6.42 Å². The summed E-state index contributed by atoms with van der Waals surface area (Å²) in [5.41, 5.74) is 1.55. The van der Waals surface area contributed by atoms with Crippen molar-refractivity contribution in [2.75, 3.05) is 20.8 Å². The Hall–Kier alpha value is -2.60. The molecule has 0 bridgehead atoms. The minimum Gasteiger partial charge on any atom is -0.507 e. The molecule has 0 aromatic carbocycles. The van der Waals surface area contributed by atoms with Gasteiger partial charge in [0.1, 0.15) is 5.75 Å². The van der Waals surface area contributed by atoms with E-state index in [0.29, 0.717) is 24.2 Å². The predicted molar refractivity (Wildman–Crippen MR) is 85.3 cm³/mol. The molecule has 1 N–H and O–H groups in total. The molecule has 0 amide bonds. The number of rotatable bonds is 3. The van der Waals surface area contributed by atoms with Gasteiger partial charge in [0.05, 0.1) is 31.5 Å². The van der Waals surface area contributed by atoms with Crippen molar-refractivity contribution in [3.63, 3.8) is 0 Å². The second-order valence-corrected chi connectivity index (χ2v) is 5.54. The molecule has 0 spiro atoms. The predicted octanol–water partition coefficient (Wildman–Crippen LogP) is 2.92. The topological polar surface area (TPSA) is 82.1 Å². The highest BCUT2D eigenvalue weighted by atomic mass is 16.5. The lowest BCUT2D eigenvalue weighted by Crippen LogP contribution is -2.11. The summed E-state index contributed by atoms with van der Waals surface area (Å²) >= 11 is 0. The summed E-state index contributed by atoms with van der Waals surface area (Å²) in [4.78, 5) is 24.9. The molecule has 6 heteroatoms. The number of carbonyl (C=O) groups excluding carboxylic acids is 2. The summed E-state index contributed by atoms with van der Waals surface area (Å²) in [6.45, 7) is 0.549. The Morgan fingerprint density at radius 2 is 1.79 bits per heavy atom. The first kappa shape index (κ1) is 16.3. The summed E-state index contributed by atoms with van der Waals surface area (Å²) in [5.74, 6) is -1.31. The Kier molecular flexibility index (Phi) is 4.40. The van der Waals surface area contributed by atoms with E-state index < -0.39 is 18.0 Å². The molecule has 3 aliphatic rings. The lowest BCUT2D eigenvalue weighted by molar-refractivity contribution is 0.0580. The first-order valence-corrected chi connectivity index (χ1v) is 7.66. The molecule has 0 radical (unpaired) electrons. The summed E-state index contributed by atoms with van der Waals surface area (Å²) in [7, 11) is 2.54. The van der Waals surface area contributed by atoms with Crippen LogP contribution in [0.2, 0.25) is 0 Å². The molecule has 3 rings (SSSR count). The second kappa shape index (κ2) is 6.49. The third-order valence-corrected chi connectivity index (χ3v) is 4.24. The average Bonchev–Trinajstić information content (AvgIpc) is 3.18. The van der Waals surface area contributed by atoms with Crippen molar-refractivity contribution in [3.05, 3.63) is 41.0 Å². The van der Waals surface area contributed by atoms with E-state index in [9.17, 15) is 14.7 Å². The van der Waals surface area contributed by atoms with E-state index in [1.54, 1.807) is 18.2 Å². The Morgan fingerprint density at radius 1 is 1.12 bits per heavy atom. The van der Waals surface area contributed by atoms with Crippen LogP contribution >= 0.6 is 0 Å². The van der Waals surface area contributed by atoms with Gasteiger partial charge >= 0.3 is 11.9 Å². The van der Waals surface area contributed by atoms with Crippen LogP contribution in [0.1, 0.15) is 45.2 Å². The van der Waals surface area contributed by atoms with Crippen LogP contribution in [0.5, 0.6) is 5.75 Å². The zero-order chi connectivity index (χ0) is 17.3. The van der Waals surface area contributed by atoms with Crippen LogP contribution in [0.25, 0.3) is 11.1 Å². The first-order chi connectivity index (χ1) is 11.6. The van der Waals surface area contributed by atoms with Crippen LogP contribution in [0.4, 0.5) is 0 Å². The lowest BCUT2D eigenvalue weighted by Gasteiger charge is -2.13. The quantitative estimate of drug-likeness (QED) is 0.871. The third-order valence-electron chi connectivity index (χ3n) is 4.24. The van der Waals surface area contributed by atoms with Gasteiger partial charge in [-0.3, -0.25) is 0 Å². The van der Waals surface area contributed by atoms with E-state index in [-0.39, 0.29) is 22.4 Å². The van der Waals surface area contributed by atoms with Gasteiger partial charge in [0.25, 0.3) is 0 Å². The van der Waals surface area contributed by atoms with Gasteiger partial charge in [-0.15, -0.1) is 0 Å². The van der Waals surface area contributed by atoms with Crippen molar-refractivity contribution in [2.24, 2.45) is 0 Å². The number of fused-ring (bicyclic) bond motifs is 1. The molecule has 1 unspecified atom stereocenters. The van der Waals surface area contributed by atoms with E-state index in [1.807, 2.05) is 0 Å². The largest absolute Gasteiger partial charge is 0.507 e. The van der Waals surface area contributed by atoms with Gasteiger partial charge in [-0.2, -0.15) is 0 Å². The number of esters is 2. The smallest absolute Gasteiger partial charge is 0.339 e. The molecular weight excluding hydrogens is 312 g/mol. The maximum atomic E-state index is 12.4. The summed E-state index contributed by atoms with van der Waals surface area (Å²) in [6, 6.07) is 6.46. The highest BCUT2D eigenvalue weighted by molar-refractivity contribution is 6.11. The van der Waals surface area contributed by atoms with Gasteiger partial charge in [0.15, 0.2) is 0 Å². The standard InChI is InChI=1S/C18H18O6/c1-22-17(20)14-10-6-3-4-7-11(19)13(10)16(18(21)23-2)15(14)12-8-5-9-24-12/h3-4,6-7,12,19H,5,8-9H2,1-2H3. The fourth-order valence-corrected chi connectivity index (χ4v) is 3.24. The minimum atomic E-state index is -0.623. The molecule has 0 aromatic rings. The summed E-state index contributed by atoms with van der Waals surface area (Å²) in [6.07, 6.45) is 1.09. The van der Waals surface area contributed by atoms with Crippen molar-refractivity contribution in [1.82, 2.24) is 0 Å². The molecule has 6 nitrogen and oxygen atoms in total. The molecule has 24 heavy (non-hydrogen) atoms. The molecule has 126 valence electrons. The number of aromatic hydroxyl groups is 1. The fourth-order valence-electron chi connectivity index (χ4n) is 3.24. The number of hydrogen-bond donors (Lipinski definition) is 1. The van der Waals surface area contributed by atoms with E-state index >= 15 is 0 Å². The van der Waals surface area contributed by atoms with Gasteiger partial charge in [0, 0.05) is 23.3 Å². The van der Waals surface area contributed by atoms with Gasteiger partial charge in [-0.1, -0.05) is 18.2 Å². The second-order valence-electron chi connectivity index (χ2n) is 5.54. The monoisotopic (exact) mass is 330 g/mol. The van der Waals surface area contributed by atoms with Gasteiger partial charge in [0.2, 0.25) is 0 Å². The molecule has 1 atom stereocenters. The van der Waals surface area contributed by atoms with Gasteiger partial charge in [-0.25, -0.2) is 9.59 Å². The van der Waals surface area contributed by atoms with Crippen molar-refractivity contribution in [1.29, 1.82) is 0 Å². The highest BCUT2D eigenvalue weighted by Crippen LogP contribution is 2.47. The summed E-state index contributed by atoms with van der Waals surface area (Å²) in [5, 5.41) is 10.4. The first-order valence-electron chi connectivity index (χ1n) is 7.66. The van der Waals surface area contributed by atoms with E-state index in [4.69, 9.17) is 14.2 Å². The Bertz CT molecular complexity index is 761. The van der Waals surface area contributed by atoms with Crippen molar-refractivity contribution in [3.8, 4) is 16.9 Å². The van der Waals surface area contributed by atoms with Crippen LogP contribution in [-0.2, 0) is 14.2 Å². The van der Waals surface area contributed by atoms with E-state index in [1.165, 1.54) is 20.3 Å². The highest BCUT2D eigenvalue weighted by Gasteiger charge is 2.38. The Morgan fingerprint density at radius 3 is 2.42 bits per heavy atom. The molecule has 2 aliphatic carbocycles. The van der Waals surface area contributed by atoms with E-state index in [2.05, 4.69) is 0 Å². The fraction of sp³-hybridized carbons (Fsp3) is 0.333. The van der Waals surface area contributed by atoms with Crippen LogP contribution in [-0.4, -0.2) is 37.9 Å². The summed E-state index contributed by atoms with van der Waals surface area (Å²) < 4.78 is 15.5. The van der Waals surface area contributed by atoms with Gasteiger partial charge < -0.3 is 19.3 Å². The van der Waals surface area contributed by atoms with Crippen LogP contribution in [0, 0.1) is 0 Å². The molecule has 1 fully saturated rings. The van der Waals surface area contributed by atoms with Crippen LogP contribution in [0.3, 0.4) is 0 Å². The minimum absolute atomic E-state index is 0.107. The zero-order valence-electron chi connectivity index (χ0n) is 13.5. The van der Waals surface area contributed by atoms with Gasteiger partial charge in [-0.05, 0) is 18.9 Å². The average molecular weight is 330 g/mol. The molecular formula is C18H18O6. The number of hydrogen-bond acceptors (Lipinski definition) is 6. The maximum Gasteiger partial charge on any atom is 0.339 e. The Labute approximate surface area is 139 Å². The molecule has 1 saturated heterocycles. The normalized spacial score (nSPS) is 17.0. The van der Waals surface area contributed by atoms with Crippen molar-refractivity contribution >= 4 is 11.9 Å². The molecule has 1 heterocycles.